The fourth-order valence-electron chi connectivity index (χ4n) is 3.03. The van der Waals surface area contributed by atoms with Crippen LogP contribution < -0.4 is 24.8 Å². The molecule has 184 valence electrons. The normalized spacial score (nSPS) is 10.7. The molecule has 0 bridgehead atoms. The van der Waals surface area contributed by atoms with Crippen molar-refractivity contribution >= 4 is 45.2 Å². The molecule has 0 aromatic heterocycles. The van der Waals surface area contributed by atoms with Crippen molar-refractivity contribution in [3.63, 3.8) is 0 Å². The molecular formula is C26H22BrN3O6. The summed E-state index contributed by atoms with van der Waals surface area (Å²) in [6.45, 7) is -0.283. The number of nitrogens with zero attached hydrogens (tertiary/aromatic N) is 1. The van der Waals surface area contributed by atoms with Gasteiger partial charge in [-0.3, -0.25) is 9.59 Å². The first-order valence-electron chi connectivity index (χ1n) is 10.5. The van der Waals surface area contributed by atoms with Gasteiger partial charge in [0.25, 0.3) is 11.8 Å². The Hall–Kier alpha value is -4.49. The van der Waals surface area contributed by atoms with Crippen molar-refractivity contribution in [3.05, 3.63) is 76.3 Å². The molecule has 0 spiro atoms. The van der Waals surface area contributed by atoms with E-state index in [1.165, 1.54) is 37.5 Å². The number of rotatable bonds is 9. The third-order valence-electron chi connectivity index (χ3n) is 4.77. The maximum absolute atomic E-state index is 12.5. The Labute approximate surface area is 216 Å². The number of carbonyl (C=O) groups is 2. The standard InChI is InChI=1S/C26H22BrN3O6/c1-34-21-9-5-18(6-10-21)29-24(32)15-36-25-22(27)12-16(13-23(25)35-2)11-17(14-28)26(33)30-19-3-7-20(31)8-4-19/h3-13,31H,15H2,1-2H3,(H,29,32)(H,30,33)/b17-11+. The number of anilines is 2. The summed E-state index contributed by atoms with van der Waals surface area (Å²) in [6.07, 6.45) is 1.39. The molecule has 3 rings (SSSR count). The number of carbonyl (C=O) groups excluding carboxylic acids is 2. The highest BCUT2D eigenvalue weighted by Crippen LogP contribution is 2.37. The SMILES string of the molecule is COc1ccc(NC(=O)COc2c(Br)cc(/C=C(\C#N)C(=O)Nc3ccc(O)cc3)cc2OC)cc1. The molecule has 2 amide bonds. The van der Waals surface area contributed by atoms with Gasteiger partial charge in [-0.05, 0) is 88.2 Å². The van der Waals surface area contributed by atoms with Crippen LogP contribution in [-0.4, -0.2) is 37.7 Å². The minimum atomic E-state index is -0.617. The number of nitriles is 1. The lowest BCUT2D eigenvalue weighted by Gasteiger charge is -2.14. The summed E-state index contributed by atoms with van der Waals surface area (Å²) < 4.78 is 16.6. The van der Waals surface area contributed by atoms with Gasteiger partial charge in [-0.25, -0.2) is 0 Å². The summed E-state index contributed by atoms with van der Waals surface area (Å²) in [7, 11) is 2.99. The molecule has 36 heavy (non-hydrogen) atoms. The lowest BCUT2D eigenvalue weighted by molar-refractivity contribution is -0.118. The van der Waals surface area contributed by atoms with Crippen LogP contribution in [0.5, 0.6) is 23.0 Å². The molecule has 0 unspecified atom stereocenters. The first-order chi connectivity index (χ1) is 17.3. The largest absolute Gasteiger partial charge is 0.508 e. The van der Waals surface area contributed by atoms with Gasteiger partial charge in [0.15, 0.2) is 18.1 Å². The molecule has 0 radical (unpaired) electrons. The molecule has 3 aromatic carbocycles. The van der Waals surface area contributed by atoms with Crippen molar-refractivity contribution in [1.82, 2.24) is 0 Å². The van der Waals surface area contributed by atoms with Gasteiger partial charge >= 0.3 is 0 Å². The number of nitrogens with one attached hydrogen (secondary N) is 2. The van der Waals surface area contributed by atoms with E-state index >= 15 is 0 Å². The summed E-state index contributed by atoms with van der Waals surface area (Å²) >= 11 is 3.39. The molecule has 0 atom stereocenters. The molecule has 0 aliphatic heterocycles. The molecule has 0 saturated carbocycles. The Kier molecular flexibility index (Phi) is 8.91. The molecule has 10 heteroatoms. The smallest absolute Gasteiger partial charge is 0.266 e. The minimum absolute atomic E-state index is 0.0570. The maximum atomic E-state index is 12.5. The van der Waals surface area contributed by atoms with E-state index in [4.69, 9.17) is 14.2 Å². The third-order valence-corrected chi connectivity index (χ3v) is 5.36. The first kappa shape index (κ1) is 26.1. The van der Waals surface area contributed by atoms with Gasteiger partial charge in [0.2, 0.25) is 0 Å². The van der Waals surface area contributed by atoms with Gasteiger partial charge in [-0.15, -0.1) is 0 Å². The third kappa shape index (κ3) is 7.01. The van der Waals surface area contributed by atoms with Crippen LogP contribution in [0, 0.1) is 11.3 Å². The second-order valence-electron chi connectivity index (χ2n) is 7.27. The molecule has 0 fully saturated rings. The van der Waals surface area contributed by atoms with Crippen molar-refractivity contribution < 1.29 is 28.9 Å². The number of hydrogen-bond acceptors (Lipinski definition) is 7. The van der Waals surface area contributed by atoms with Crippen molar-refractivity contribution in [2.45, 2.75) is 0 Å². The van der Waals surface area contributed by atoms with Crippen LogP contribution in [0.15, 0.2) is 70.7 Å². The predicted molar refractivity (Wildman–Crippen MR) is 138 cm³/mol. The van der Waals surface area contributed by atoms with Gasteiger partial charge in [-0.1, -0.05) is 0 Å². The summed E-state index contributed by atoms with van der Waals surface area (Å²) in [6, 6.07) is 17.8. The van der Waals surface area contributed by atoms with Gasteiger partial charge in [-0.2, -0.15) is 5.26 Å². The van der Waals surface area contributed by atoms with E-state index in [0.717, 1.165) is 0 Å². The van der Waals surface area contributed by atoms with Gasteiger partial charge < -0.3 is 30.0 Å². The molecule has 3 aromatic rings. The number of methoxy groups -OCH3 is 2. The Morgan fingerprint density at radius 2 is 1.64 bits per heavy atom. The Morgan fingerprint density at radius 3 is 2.25 bits per heavy atom. The van der Waals surface area contributed by atoms with E-state index in [9.17, 15) is 20.0 Å². The van der Waals surface area contributed by atoms with E-state index in [1.54, 1.807) is 43.5 Å². The highest BCUT2D eigenvalue weighted by molar-refractivity contribution is 9.10. The van der Waals surface area contributed by atoms with Gasteiger partial charge in [0.1, 0.15) is 23.1 Å². The lowest BCUT2D eigenvalue weighted by atomic mass is 10.1. The van der Waals surface area contributed by atoms with Crippen LogP contribution in [0.1, 0.15) is 5.56 Å². The fraction of sp³-hybridized carbons (Fsp3) is 0.115. The Morgan fingerprint density at radius 1 is 1.00 bits per heavy atom. The average molecular weight is 552 g/mol. The van der Waals surface area contributed by atoms with E-state index in [1.807, 2.05) is 6.07 Å². The van der Waals surface area contributed by atoms with Crippen molar-refractivity contribution in [2.24, 2.45) is 0 Å². The highest BCUT2D eigenvalue weighted by atomic mass is 79.9. The highest BCUT2D eigenvalue weighted by Gasteiger charge is 2.15. The molecule has 0 aliphatic rings. The summed E-state index contributed by atoms with van der Waals surface area (Å²) in [5, 5.41) is 24.2. The second-order valence-corrected chi connectivity index (χ2v) is 8.12. The van der Waals surface area contributed by atoms with Crippen LogP contribution in [-0.2, 0) is 9.59 Å². The monoisotopic (exact) mass is 551 g/mol. The molecule has 0 aliphatic carbocycles. The predicted octanol–water partition coefficient (Wildman–Crippen LogP) is 4.74. The topological polar surface area (TPSA) is 130 Å². The van der Waals surface area contributed by atoms with Crippen LogP contribution in [0.2, 0.25) is 0 Å². The number of halogens is 1. The number of hydrogen-bond donors (Lipinski definition) is 3. The summed E-state index contributed by atoms with van der Waals surface area (Å²) in [4.78, 5) is 24.8. The number of amides is 2. The fourth-order valence-corrected chi connectivity index (χ4v) is 3.60. The van der Waals surface area contributed by atoms with Crippen molar-refractivity contribution in [2.75, 3.05) is 31.5 Å². The average Bonchev–Trinajstić information content (AvgIpc) is 2.88. The lowest BCUT2D eigenvalue weighted by Crippen LogP contribution is -2.20. The molecule has 9 nitrogen and oxygen atoms in total. The maximum Gasteiger partial charge on any atom is 0.266 e. The molecule has 3 N–H and O–H groups in total. The Balaban J connectivity index is 1.71. The van der Waals surface area contributed by atoms with E-state index < -0.39 is 5.91 Å². The molecular weight excluding hydrogens is 530 g/mol. The van der Waals surface area contributed by atoms with E-state index in [2.05, 4.69) is 26.6 Å². The van der Waals surface area contributed by atoms with Crippen LogP contribution >= 0.6 is 15.9 Å². The van der Waals surface area contributed by atoms with Crippen LogP contribution in [0.25, 0.3) is 6.08 Å². The first-order valence-corrected chi connectivity index (χ1v) is 11.3. The number of phenols is 1. The van der Waals surface area contributed by atoms with E-state index in [0.29, 0.717) is 32.9 Å². The zero-order valence-corrected chi connectivity index (χ0v) is 21.0. The van der Waals surface area contributed by atoms with Crippen LogP contribution in [0.4, 0.5) is 11.4 Å². The van der Waals surface area contributed by atoms with Gasteiger partial charge in [0.05, 0.1) is 18.7 Å². The molecule has 0 saturated heterocycles. The number of ether oxygens (including phenoxy) is 3. The van der Waals surface area contributed by atoms with Crippen LogP contribution in [0.3, 0.4) is 0 Å². The number of aromatic hydroxyl groups is 1. The molecule has 0 heterocycles. The number of phenolic OH excluding ortho intramolecular Hbond substituents is 1. The zero-order chi connectivity index (χ0) is 26.1. The number of benzene rings is 3. The van der Waals surface area contributed by atoms with E-state index in [-0.39, 0.29) is 29.6 Å². The van der Waals surface area contributed by atoms with Crippen molar-refractivity contribution in [3.8, 4) is 29.1 Å². The zero-order valence-electron chi connectivity index (χ0n) is 19.4. The summed E-state index contributed by atoms with van der Waals surface area (Å²) in [5.74, 6) is 0.311. The summed E-state index contributed by atoms with van der Waals surface area (Å²) in [5.41, 5.74) is 1.36. The quantitative estimate of drug-likeness (QED) is 0.199. The minimum Gasteiger partial charge on any atom is -0.508 e. The van der Waals surface area contributed by atoms with Crippen molar-refractivity contribution in [1.29, 1.82) is 5.26 Å². The second kappa shape index (κ2) is 12.3. The Bertz CT molecular complexity index is 1320. The van der Waals surface area contributed by atoms with Gasteiger partial charge in [0, 0.05) is 11.4 Å².